The van der Waals surface area contributed by atoms with Gasteiger partial charge in [-0.05, 0) is 23.3 Å². The van der Waals surface area contributed by atoms with Gasteiger partial charge in [0.05, 0.1) is 41.1 Å². The molecule has 0 aliphatic rings. The number of carbonyl (C=O) groups is 2. The Labute approximate surface area is 211 Å². The highest BCUT2D eigenvalue weighted by Crippen LogP contribution is 2.26. The second kappa shape index (κ2) is 11.8. The van der Waals surface area contributed by atoms with E-state index in [4.69, 9.17) is 37.8 Å². The molecular weight excluding hydrogens is 497 g/mol. The second-order valence-corrected chi connectivity index (χ2v) is 8.25. The minimum absolute atomic E-state index is 0.0340. The fourth-order valence-electron chi connectivity index (χ4n) is 3.37. The molecule has 3 aromatic rings. The van der Waals surface area contributed by atoms with Crippen molar-refractivity contribution >= 4 is 35.1 Å². The first-order valence-electron chi connectivity index (χ1n) is 10.5. The SMILES string of the molecule is COc1cnn(C)c(=O)c1-c1ccc(C[C@H](NC(=O)c2c(Cl)cccc2Cl)C(=O)OCCO)cc1. The van der Waals surface area contributed by atoms with Gasteiger partial charge in [0, 0.05) is 13.5 Å². The van der Waals surface area contributed by atoms with Crippen LogP contribution in [0.2, 0.25) is 10.0 Å². The van der Waals surface area contributed by atoms with Crippen molar-refractivity contribution in [1.82, 2.24) is 15.1 Å². The number of aromatic nitrogens is 2. The summed E-state index contributed by atoms with van der Waals surface area (Å²) >= 11 is 12.2. The smallest absolute Gasteiger partial charge is 0.329 e. The summed E-state index contributed by atoms with van der Waals surface area (Å²) in [5.41, 5.74) is 1.32. The van der Waals surface area contributed by atoms with Gasteiger partial charge in [-0.1, -0.05) is 53.5 Å². The molecule has 2 aromatic carbocycles. The van der Waals surface area contributed by atoms with Crippen LogP contribution in [0.4, 0.5) is 0 Å². The number of aliphatic hydroxyl groups is 1. The number of halogens is 2. The molecule has 184 valence electrons. The number of ether oxygens (including phenoxy) is 2. The Morgan fingerprint density at radius 2 is 1.80 bits per heavy atom. The number of hydrogen-bond donors (Lipinski definition) is 2. The fourth-order valence-corrected chi connectivity index (χ4v) is 3.94. The molecule has 0 saturated carbocycles. The first-order chi connectivity index (χ1) is 16.8. The van der Waals surface area contributed by atoms with Gasteiger partial charge in [-0.2, -0.15) is 5.10 Å². The molecule has 11 heteroatoms. The number of nitrogens with zero attached hydrogens (tertiary/aromatic N) is 2. The van der Waals surface area contributed by atoms with Gasteiger partial charge >= 0.3 is 5.97 Å². The molecule has 0 aliphatic carbocycles. The Bertz CT molecular complexity index is 1260. The fraction of sp³-hybridized carbons (Fsp3) is 0.250. The topological polar surface area (TPSA) is 120 Å². The minimum atomic E-state index is -1.09. The summed E-state index contributed by atoms with van der Waals surface area (Å²) in [6, 6.07) is 10.4. The Hall–Kier alpha value is -3.40. The van der Waals surface area contributed by atoms with Crippen molar-refractivity contribution in [2.24, 2.45) is 7.05 Å². The third kappa shape index (κ3) is 6.19. The molecule has 0 spiro atoms. The molecule has 0 saturated heterocycles. The number of methoxy groups -OCH3 is 1. The summed E-state index contributed by atoms with van der Waals surface area (Å²) in [5, 5.41) is 15.8. The van der Waals surface area contributed by atoms with E-state index in [0.29, 0.717) is 22.4 Å². The molecule has 1 atom stereocenters. The van der Waals surface area contributed by atoms with E-state index in [-0.39, 0.29) is 40.8 Å². The van der Waals surface area contributed by atoms with Crippen LogP contribution >= 0.6 is 23.2 Å². The van der Waals surface area contributed by atoms with Crippen LogP contribution < -0.4 is 15.6 Å². The first kappa shape index (κ1) is 26.2. The Morgan fingerprint density at radius 3 is 2.40 bits per heavy atom. The lowest BCUT2D eigenvalue weighted by molar-refractivity contribution is -0.146. The first-order valence-corrected chi connectivity index (χ1v) is 11.2. The van der Waals surface area contributed by atoms with E-state index in [9.17, 15) is 14.4 Å². The quantitative estimate of drug-likeness (QED) is 0.417. The monoisotopic (exact) mass is 519 g/mol. The summed E-state index contributed by atoms with van der Waals surface area (Å²) < 4.78 is 11.5. The average molecular weight is 520 g/mol. The molecule has 3 rings (SSSR count). The summed E-state index contributed by atoms with van der Waals surface area (Å²) in [6.07, 6.45) is 1.52. The van der Waals surface area contributed by atoms with Crippen molar-refractivity contribution in [3.8, 4) is 16.9 Å². The molecule has 0 aliphatic heterocycles. The summed E-state index contributed by atoms with van der Waals surface area (Å²) in [6.45, 7) is -0.581. The van der Waals surface area contributed by atoms with Crippen molar-refractivity contribution in [3.63, 3.8) is 0 Å². The van der Waals surface area contributed by atoms with Gasteiger partial charge in [-0.3, -0.25) is 9.59 Å². The van der Waals surface area contributed by atoms with Gasteiger partial charge in [-0.15, -0.1) is 0 Å². The molecule has 0 fully saturated rings. The largest absolute Gasteiger partial charge is 0.494 e. The number of hydrogen-bond acceptors (Lipinski definition) is 7. The van der Waals surface area contributed by atoms with Crippen molar-refractivity contribution < 1.29 is 24.2 Å². The van der Waals surface area contributed by atoms with Crippen molar-refractivity contribution in [2.75, 3.05) is 20.3 Å². The zero-order chi connectivity index (χ0) is 25.5. The van der Waals surface area contributed by atoms with Crippen LogP contribution in [-0.2, 0) is 23.0 Å². The van der Waals surface area contributed by atoms with Crippen LogP contribution in [0.3, 0.4) is 0 Å². The predicted octanol–water partition coefficient (Wildman–Crippen LogP) is 2.64. The number of amides is 1. The van der Waals surface area contributed by atoms with Gasteiger partial charge < -0.3 is 19.9 Å². The van der Waals surface area contributed by atoms with Gasteiger partial charge in [0.15, 0.2) is 5.75 Å². The van der Waals surface area contributed by atoms with Crippen LogP contribution in [0, 0.1) is 0 Å². The Kier molecular flexibility index (Phi) is 8.86. The lowest BCUT2D eigenvalue weighted by atomic mass is 10.0. The summed E-state index contributed by atoms with van der Waals surface area (Å²) in [5.74, 6) is -1.05. The van der Waals surface area contributed by atoms with Crippen LogP contribution in [0.15, 0.2) is 53.5 Å². The van der Waals surface area contributed by atoms with E-state index in [2.05, 4.69) is 10.4 Å². The average Bonchev–Trinajstić information content (AvgIpc) is 2.84. The van der Waals surface area contributed by atoms with E-state index in [1.165, 1.54) is 37.2 Å². The highest BCUT2D eigenvalue weighted by Gasteiger charge is 2.25. The molecular formula is C24H23Cl2N3O6. The van der Waals surface area contributed by atoms with E-state index in [1.807, 2.05) is 0 Å². The van der Waals surface area contributed by atoms with Gasteiger partial charge in [-0.25, -0.2) is 9.48 Å². The van der Waals surface area contributed by atoms with E-state index < -0.39 is 17.9 Å². The third-order valence-corrected chi connectivity index (χ3v) is 5.75. The van der Waals surface area contributed by atoms with Gasteiger partial charge in [0.25, 0.3) is 11.5 Å². The van der Waals surface area contributed by atoms with Crippen molar-refractivity contribution in [2.45, 2.75) is 12.5 Å². The van der Waals surface area contributed by atoms with Crippen LogP contribution in [0.25, 0.3) is 11.1 Å². The molecule has 0 radical (unpaired) electrons. The predicted molar refractivity (Wildman–Crippen MR) is 131 cm³/mol. The molecule has 35 heavy (non-hydrogen) atoms. The minimum Gasteiger partial charge on any atom is -0.494 e. The number of carbonyl (C=O) groups excluding carboxylic acids is 2. The summed E-state index contributed by atoms with van der Waals surface area (Å²) in [4.78, 5) is 38.0. The zero-order valence-electron chi connectivity index (χ0n) is 19.0. The molecule has 1 amide bonds. The van der Waals surface area contributed by atoms with Gasteiger partial charge in [0.1, 0.15) is 12.6 Å². The number of benzene rings is 2. The molecule has 9 nitrogen and oxygen atoms in total. The highest BCUT2D eigenvalue weighted by atomic mass is 35.5. The maximum Gasteiger partial charge on any atom is 0.329 e. The molecule has 1 heterocycles. The van der Waals surface area contributed by atoms with Crippen LogP contribution in [-0.4, -0.2) is 53.1 Å². The van der Waals surface area contributed by atoms with E-state index in [0.717, 1.165) is 0 Å². The highest BCUT2D eigenvalue weighted by molar-refractivity contribution is 6.39. The number of nitrogens with one attached hydrogen (secondary N) is 1. The second-order valence-electron chi connectivity index (χ2n) is 7.43. The Morgan fingerprint density at radius 1 is 1.14 bits per heavy atom. The molecule has 1 aromatic heterocycles. The van der Waals surface area contributed by atoms with Crippen LogP contribution in [0.1, 0.15) is 15.9 Å². The maximum absolute atomic E-state index is 12.9. The molecule has 0 unspecified atom stereocenters. The van der Waals surface area contributed by atoms with E-state index in [1.54, 1.807) is 30.3 Å². The lowest BCUT2D eigenvalue weighted by Crippen LogP contribution is -2.43. The molecule has 2 N–H and O–H groups in total. The summed E-state index contributed by atoms with van der Waals surface area (Å²) in [7, 11) is 2.99. The number of aryl methyl sites for hydroxylation is 1. The number of aliphatic hydroxyl groups excluding tert-OH is 1. The van der Waals surface area contributed by atoms with Crippen molar-refractivity contribution in [3.05, 3.63) is 80.2 Å². The normalized spacial score (nSPS) is 11.6. The number of rotatable bonds is 9. The van der Waals surface area contributed by atoms with Crippen molar-refractivity contribution in [1.29, 1.82) is 0 Å². The third-order valence-electron chi connectivity index (χ3n) is 5.12. The van der Waals surface area contributed by atoms with Crippen LogP contribution in [0.5, 0.6) is 5.75 Å². The van der Waals surface area contributed by atoms with Gasteiger partial charge in [0.2, 0.25) is 0 Å². The number of esters is 1. The molecule has 0 bridgehead atoms. The van der Waals surface area contributed by atoms with E-state index >= 15 is 0 Å². The lowest BCUT2D eigenvalue weighted by Gasteiger charge is -2.19. The Balaban J connectivity index is 1.87. The maximum atomic E-state index is 12.9. The standard InChI is InChI=1S/C24H23Cl2N3O6/c1-29-23(32)20(19(34-2)13-27-29)15-8-6-14(7-9-15)12-18(24(33)35-11-10-30)28-22(31)21-16(25)4-3-5-17(21)26/h3-9,13,18,30H,10-12H2,1-2H3,(H,28,31)/t18-/m0/s1. The zero-order valence-corrected chi connectivity index (χ0v) is 20.5.